The zero-order valence-electron chi connectivity index (χ0n) is 31.3. The maximum Gasteiger partial charge on any atom is 0.106 e. The van der Waals surface area contributed by atoms with Crippen molar-refractivity contribution in [2.24, 2.45) is 0 Å². The fourth-order valence-corrected chi connectivity index (χ4v) is 4.83. The third-order valence-corrected chi connectivity index (χ3v) is 7.86. The van der Waals surface area contributed by atoms with E-state index in [1.165, 1.54) is 28.0 Å². The fraction of sp³-hybridized carbons (Fsp3) is 0.388. The van der Waals surface area contributed by atoms with E-state index in [9.17, 15) is 0 Å². The van der Waals surface area contributed by atoms with Gasteiger partial charge in [0.1, 0.15) is 17.4 Å². The molecule has 6 heterocycles. The molecule has 8 nitrogen and oxygen atoms in total. The van der Waals surface area contributed by atoms with E-state index in [1.54, 1.807) is 12.5 Å². The molecule has 318 valence electrons. The number of furan rings is 1. The third-order valence-electron chi connectivity index (χ3n) is 7.86. The molecule has 0 radical (unpaired) electrons. The van der Waals surface area contributed by atoms with Gasteiger partial charge in [0.15, 0.2) is 0 Å². The Kier molecular flexibility index (Phi) is 35.7. The maximum absolute atomic E-state index is 4.98. The molecule has 0 bridgehead atoms. The monoisotopic (exact) mass is 784 g/mol. The number of para-hydroxylation sites is 3. The number of benzene rings is 2. The number of rotatable bonds is 6. The SMILES string of the molecule is C.C.C.C.C.C.CCC1=CC=CCN1.CCc1cc2ccccc2[nH]1.CCc1ccc[nH]1.CCc1ccco1.CCc1nc2ccccc2[nH]1.CCc1ncc[nH]1. The number of H-pyrrole nitrogens is 4. The van der Waals surface area contributed by atoms with Crippen LogP contribution in [0.2, 0.25) is 0 Å². The molecule has 1 aliphatic rings. The maximum atomic E-state index is 4.98. The lowest BCUT2D eigenvalue weighted by molar-refractivity contribution is 0.516. The molecule has 8 rings (SSSR count). The normalized spacial score (nSPS) is 9.96. The third kappa shape index (κ3) is 22.0. The molecule has 5 N–H and O–H groups in total. The Hall–Kier alpha value is -5.50. The minimum atomic E-state index is 0. The number of nitrogens with one attached hydrogen (secondary N) is 5. The van der Waals surface area contributed by atoms with Crippen LogP contribution in [0.15, 0.2) is 132 Å². The van der Waals surface area contributed by atoms with Crippen LogP contribution in [0.4, 0.5) is 0 Å². The van der Waals surface area contributed by atoms with Crippen LogP contribution in [0.3, 0.4) is 0 Å². The summed E-state index contributed by atoms with van der Waals surface area (Å²) in [4.78, 5) is 21.0. The van der Waals surface area contributed by atoms with Crippen LogP contribution in [-0.4, -0.2) is 36.4 Å². The largest absolute Gasteiger partial charge is 0.469 e. The molecule has 0 spiro atoms. The van der Waals surface area contributed by atoms with Gasteiger partial charge in [0.2, 0.25) is 0 Å². The van der Waals surface area contributed by atoms with Crippen LogP contribution in [0.25, 0.3) is 21.9 Å². The predicted molar refractivity (Wildman–Crippen MR) is 255 cm³/mol. The summed E-state index contributed by atoms with van der Waals surface area (Å²) in [5.41, 5.74) is 7.39. The lowest BCUT2D eigenvalue weighted by Gasteiger charge is -2.07. The van der Waals surface area contributed by atoms with E-state index < -0.39 is 0 Å². The first-order valence-electron chi connectivity index (χ1n) is 18.3. The van der Waals surface area contributed by atoms with Crippen LogP contribution in [0.5, 0.6) is 0 Å². The Balaban J connectivity index is -0.000000293. The first kappa shape index (κ1) is 58.2. The van der Waals surface area contributed by atoms with Crippen molar-refractivity contribution in [3.63, 3.8) is 0 Å². The number of fused-ring (bicyclic) bond motifs is 2. The van der Waals surface area contributed by atoms with Crippen molar-refractivity contribution < 1.29 is 4.42 Å². The van der Waals surface area contributed by atoms with Gasteiger partial charge in [0, 0.05) is 67.0 Å². The summed E-state index contributed by atoms with van der Waals surface area (Å²) in [6.45, 7) is 13.7. The van der Waals surface area contributed by atoms with Gasteiger partial charge >= 0.3 is 0 Å². The summed E-state index contributed by atoms with van der Waals surface area (Å²) in [7, 11) is 0. The Morgan fingerprint density at radius 3 is 1.70 bits per heavy atom. The number of aromatic amines is 4. The summed E-state index contributed by atoms with van der Waals surface area (Å²) in [6.07, 6.45) is 19.8. The highest BCUT2D eigenvalue weighted by molar-refractivity contribution is 5.80. The quantitative estimate of drug-likeness (QED) is 0.116. The Morgan fingerprint density at radius 2 is 1.28 bits per heavy atom. The fourth-order valence-electron chi connectivity index (χ4n) is 4.83. The first-order valence-corrected chi connectivity index (χ1v) is 18.3. The molecule has 0 fully saturated rings. The lowest BCUT2D eigenvalue weighted by Crippen LogP contribution is -2.14. The van der Waals surface area contributed by atoms with Gasteiger partial charge < -0.3 is 29.7 Å². The Bertz CT molecular complexity index is 1690. The number of hydrogen-bond acceptors (Lipinski definition) is 4. The lowest BCUT2D eigenvalue weighted by atomic mass is 10.2. The van der Waals surface area contributed by atoms with Crippen LogP contribution in [0, 0.1) is 0 Å². The molecular weight excluding hydrogens is 703 g/mol. The van der Waals surface area contributed by atoms with E-state index in [0.717, 1.165) is 73.5 Å². The molecule has 5 aromatic heterocycles. The van der Waals surface area contributed by atoms with E-state index >= 15 is 0 Å². The molecule has 0 atom stereocenters. The van der Waals surface area contributed by atoms with E-state index in [0.29, 0.717) is 0 Å². The summed E-state index contributed by atoms with van der Waals surface area (Å²) in [5, 5.41) is 4.55. The van der Waals surface area contributed by atoms with E-state index in [-0.39, 0.29) is 44.6 Å². The minimum absolute atomic E-state index is 0. The standard InChI is InChI=1S/C10H11N.C9H10N2.C7H11N.C6H9N.C6H8O.C5H8N2.6CH4/c1-2-9-7-8-5-3-4-6-10(8)11-9;1-2-9-10-7-5-3-4-6-8(7)11-9;1-2-7-5-3-4-6-8-7;2*1-2-6-4-3-5-7-6;1-2-5-6-3-4-7-5;;;;;;/h3-7,11H,2H2,1H3;3-6H,2H2,1H3,(H,10,11);3-5,8H,2,6H2,1H3;3-5,7H,2H2,1H3;3-5H,2H2,1H3;3-4H,2H2,1H3,(H,6,7);6*1H4. The number of aromatic nitrogens is 6. The van der Waals surface area contributed by atoms with Crippen molar-refractivity contribution >= 4 is 21.9 Å². The smallest absolute Gasteiger partial charge is 0.106 e. The van der Waals surface area contributed by atoms with Crippen molar-refractivity contribution in [3.05, 3.63) is 156 Å². The zero-order chi connectivity index (χ0) is 36.5. The van der Waals surface area contributed by atoms with Crippen molar-refractivity contribution in [1.29, 1.82) is 0 Å². The van der Waals surface area contributed by atoms with Crippen molar-refractivity contribution in [3.8, 4) is 0 Å². The average Bonchev–Trinajstić information content (AvgIpc) is 4.05. The van der Waals surface area contributed by atoms with Crippen LogP contribution >= 0.6 is 0 Å². The van der Waals surface area contributed by atoms with Gasteiger partial charge in [-0.2, -0.15) is 0 Å². The van der Waals surface area contributed by atoms with Gasteiger partial charge in [-0.3, -0.25) is 0 Å². The van der Waals surface area contributed by atoms with Crippen LogP contribution in [-0.2, 0) is 32.1 Å². The number of imidazole rings is 2. The number of allylic oxidation sites excluding steroid dienone is 3. The van der Waals surface area contributed by atoms with E-state index in [1.807, 2.05) is 54.9 Å². The number of dihydropyridines is 1. The predicted octanol–water partition coefficient (Wildman–Crippen LogP) is 14.5. The molecule has 2 aromatic carbocycles. The first-order chi connectivity index (χ1) is 25.0. The average molecular weight is 784 g/mol. The minimum Gasteiger partial charge on any atom is -0.469 e. The molecule has 1 aliphatic heterocycles. The molecule has 0 amide bonds. The molecule has 0 saturated carbocycles. The molecule has 0 aliphatic carbocycles. The van der Waals surface area contributed by atoms with E-state index in [2.05, 4.69) is 131 Å². The highest BCUT2D eigenvalue weighted by Gasteiger charge is 1.98. The van der Waals surface area contributed by atoms with Gasteiger partial charge in [0.25, 0.3) is 0 Å². The summed E-state index contributed by atoms with van der Waals surface area (Å²) < 4.78 is 4.98. The molecule has 8 heteroatoms. The molecular formula is C49H81N7O. The van der Waals surface area contributed by atoms with E-state index in [4.69, 9.17) is 4.42 Å². The number of hydrogen-bond donors (Lipinski definition) is 5. The van der Waals surface area contributed by atoms with Crippen LogP contribution < -0.4 is 5.32 Å². The van der Waals surface area contributed by atoms with Gasteiger partial charge in [0.05, 0.1) is 17.3 Å². The second-order valence-corrected chi connectivity index (χ2v) is 11.5. The van der Waals surface area contributed by atoms with Crippen molar-refractivity contribution in [2.75, 3.05) is 6.54 Å². The Labute approximate surface area is 348 Å². The zero-order valence-corrected chi connectivity index (χ0v) is 31.3. The summed E-state index contributed by atoms with van der Waals surface area (Å²) in [6, 6.07) is 26.6. The highest BCUT2D eigenvalue weighted by Crippen LogP contribution is 2.14. The molecule has 7 aromatic rings. The molecule has 57 heavy (non-hydrogen) atoms. The van der Waals surface area contributed by atoms with Gasteiger partial charge in [-0.25, -0.2) is 9.97 Å². The number of nitrogens with zero attached hydrogens (tertiary/aromatic N) is 2. The van der Waals surface area contributed by atoms with Crippen LogP contribution in [0.1, 0.15) is 121 Å². The summed E-state index contributed by atoms with van der Waals surface area (Å²) in [5.74, 6) is 3.17. The van der Waals surface area contributed by atoms with Gasteiger partial charge in [-0.1, -0.05) is 129 Å². The molecule has 0 unspecified atom stereocenters. The second kappa shape index (κ2) is 35.0. The summed E-state index contributed by atoms with van der Waals surface area (Å²) >= 11 is 0. The second-order valence-electron chi connectivity index (χ2n) is 11.5. The van der Waals surface area contributed by atoms with Gasteiger partial charge in [-0.05, 0) is 79.3 Å². The van der Waals surface area contributed by atoms with Crippen molar-refractivity contribution in [1.82, 2.24) is 35.2 Å². The molecule has 0 saturated heterocycles. The van der Waals surface area contributed by atoms with Crippen molar-refractivity contribution in [2.45, 2.75) is 125 Å². The van der Waals surface area contributed by atoms with Gasteiger partial charge in [-0.15, -0.1) is 0 Å². The highest BCUT2D eigenvalue weighted by atomic mass is 16.3. The topological polar surface area (TPSA) is 114 Å². The number of aryl methyl sites for hydroxylation is 5. The Morgan fingerprint density at radius 1 is 0.596 bits per heavy atom.